The molecule has 0 fully saturated rings. The van der Waals surface area contributed by atoms with Crippen molar-refractivity contribution < 1.29 is 27.8 Å². The Morgan fingerprint density at radius 1 is 1.03 bits per heavy atom. The number of alkyl halides is 3. The van der Waals surface area contributed by atoms with Crippen LogP contribution >= 0.6 is 0 Å². The van der Waals surface area contributed by atoms with E-state index in [2.05, 4.69) is 0 Å². The molecule has 0 aromatic heterocycles. The lowest BCUT2D eigenvalue weighted by molar-refractivity contribution is -0.137. The lowest BCUT2D eigenvalue weighted by Gasteiger charge is -2.13. The highest BCUT2D eigenvalue weighted by atomic mass is 19.4. The van der Waals surface area contributed by atoms with E-state index in [-0.39, 0.29) is 0 Å². The highest BCUT2D eigenvalue weighted by Gasteiger charge is 2.30. The zero-order valence-corrected chi connectivity index (χ0v) is 16.1. The number of carboxylic acid groups (broad SMARTS) is 1. The number of likely N-dealkylation sites (N-methyl/N-ethyl adjacent to an activating group) is 1. The van der Waals surface area contributed by atoms with Crippen LogP contribution in [0, 0.1) is 0 Å². The van der Waals surface area contributed by atoms with Gasteiger partial charge in [0.1, 0.15) is 12.4 Å². The van der Waals surface area contributed by atoms with Gasteiger partial charge in [-0.1, -0.05) is 36.4 Å². The summed E-state index contributed by atoms with van der Waals surface area (Å²) in [6.45, 7) is 1.29. The van der Waals surface area contributed by atoms with Gasteiger partial charge in [0.2, 0.25) is 0 Å². The second kappa shape index (κ2) is 9.93. The van der Waals surface area contributed by atoms with Crippen LogP contribution < -0.4 is 4.74 Å². The Morgan fingerprint density at radius 2 is 1.59 bits per heavy atom. The Balaban J connectivity index is 2.30. The molecular weight excluding hydrogens is 383 g/mol. The average molecular weight is 405 g/mol. The van der Waals surface area contributed by atoms with Crippen LogP contribution in [0.5, 0.6) is 5.75 Å². The molecule has 0 aliphatic heterocycles. The van der Waals surface area contributed by atoms with E-state index < -0.39 is 17.7 Å². The van der Waals surface area contributed by atoms with E-state index in [0.29, 0.717) is 23.5 Å². The quantitative estimate of drug-likeness (QED) is 0.510. The zero-order valence-electron chi connectivity index (χ0n) is 16.1. The van der Waals surface area contributed by atoms with Gasteiger partial charge in [0.25, 0.3) is 0 Å². The third kappa shape index (κ3) is 7.12. The molecule has 29 heavy (non-hydrogen) atoms. The molecule has 2 aromatic rings. The number of rotatable bonds is 8. The van der Waals surface area contributed by atoms with E-state index in [9.17, 15) is 18.0 Å². The summed E-state index contributed by atoms with van der Waals surface area (Å²) < 4.78 is 44.1. The van der Waals surface area contributed by atoms with E-state index in [1.807, 2.05) is 19.0 Å². The topological polar surface area (TPSA) is 49.8 Å². The van der Waals surface area contributed by atoms with Crippen LogP contribution in [0.2, 0.25) is 0 Å². The van der Waals surface area contributed by atoms with Crippen molar-refractivity contribution in [1.82, 2.24) is 4.90 Å². The second-order valence-electron chi connectivity index (χ2n) is 6.53. The van der Waals surface area contributed by atoms with Crippen molar-refractivity contribution in [1.29, 1.82) is 0 Å². The summed E-state index contributed by atoms with van der Waals surface area (Å²) in [6.07, 6.45) is -0.560. The SMILES string of the molecule is CN(C)CCOc1ccc(/C(=C\C=C\C(=O)O)c2ccc(C(F)(F)F)cc2)cc1. The molecule has 0 aliphatic carbocycles. The summed E-state index contributed by atoms with van der Waals surface area (Å²) >= 11 is 0. The van der Waals surface area contributed by atoms with E-state index in [4.69, 9.17) is 9.84 Å². The Labute approximate surface area is 167 Å². The molecule has 0 amide bonds. The number of benzene rings is 2. The van der Waals surface area contributed by atoms with Gasteiger partial charge in [0.05, 0.1) is 5.56 Å². The van der Waals surface area contributed by atoms with E-state index >= 15 is 0 Å². The van der Waals surface area contributed by atoms with Crippen LogP contribution in [0.15, 0.2) is 66.8 Å². The molecule has 154 valence electrons. The average Bonchev–Trinajstić information content (AvgIpc) is 2.65. The van der Waals surface area contributed by atoms with Crippen molar-refractivity contribution in [3.8, 4) is 5.75 Å². The summed E-state index contributed by atoms with van der Waals surface area (Å²) in [7, 11) is 3.89. The smallest absolute Gasteiger partial charge is 0.416 e. The van der Waals surface area contributed by atoms with Gasteiger partial charge in [-0.2, -0.15) is 13.2 Å². The molecule has 2 rings (SSSR count). The number of aliphatic carboxylic acids is 1. The highest BCUT2D eigenvalue weighted by Crippen LogP contribution is 2.32. The van der Waals surface area contributed by atoms with Gasteiger partial charge < -0.3 is 14.7 Å². The maximum Gasteiger partial charge on any atom is 0.416 e. The van der Waals surface area contributed by atoms with Gasteiger partial charge in [-0.25, -0.2) is 4.79 Å². The van der Waals surface area contributed by atoms with Gasteiger partial charge in [-0.15, -0.1) is 0 Å². The summed E-state index contributed by atoms with van der Waals surface area (Å²) in [5.74, 6) is -0.443. The van der Waals surface area contributed by atoms with Crippen molar-refractivity contribution >= 4 is 11.5 Å². The lowest BCUT2D eigenvalue weighted by atomic mass is 9.96. The highest BCUT2D eigenvalue weighted by molar-refractivity contribution is 5.84. The Hall–Kier alpha value is -3.06. The van der Waals surface area contributed by atoms with Gasteiger partial charge in [-0.3, -0.25) is 0 Å². The van der Waals surface area contributed by atoms with Gasteiger partial charge >= 0.3 is 12.1 Å². The van der Waals surface area contributed by atoms with Crippen molar-refractivity contribution in [2.75, 3.05) is 27.2 Å². The molecule has 0 unspecified atom stereocenters. The third-order valence-electron chi connectivity index (χ3n) is 4.00. The first-order valence-electron chi connectivity index (χ1n) is 8.83. The van der Waals surface area contributed by atoms with Crippen molar-refractivity contribution in [3.63, 3.8) is 0 Å². The zero-order chi connectivity index (χ0) is 21.4. The molecule has 2 aromatic carbocycles. The van der Waals surface area contributed by atoms with Crippen LogP contribution in [0.1, 0.15) is 16.7 Å². The minimum atomic E-state index is -4.42. The van der Waals surface area contributed by atoms with Crippen LogP contribution in [0.3, 0.4) is 0 Å². The van der Waals surface area contributed by atoms with Gasteiger partial charge in [-0.05, 0) is 55.1 Å². The van der Waals surface area contributed by atoms with E-state index in [0.717, 1.165) is 30.3 Å². The number of carbonyl (C=O) groups is 1. The molecule has 0 saturated heterocycles. The number of allylic oxidation sites excluding steroid dienone is 2. The number of carboxylic acids is 1. The lowest BCUT2D eigenvalue weighted by Crippen LogP contribution is -2.19. The maximum absolute atomic E-state index is 12.8. The molecule has 0 spiro atoms. The molecular formula is C22H22F3NO3. The van der Waals surface area contributed by atoms with E-state index in [1.165, 1.54) is 18.2 Å². The maximum atomic E-state index is 12.8. The molecule has 1 N–H and O–H groups in total. The van der Waals surface area contributed by atoms with Crippen molar-refractivity contribution in [3.05, 3.63) is 83.4 Å². The first-order valence-corrected chi connectivity index (χ1v) is 8.83. The summed E-state index contributed by atoms with van der Waals surface area (Å²) in [5.41, 5.74) is 1.11. The number of hydrogen-bond donors (Lipinski definition) is 1. The van der Waals surface area contributed by atoms with Crippen molar-refractivity contribution in [2.45, 2.75) is 6.18 Å². The molecule has 4 nitrogen and oxygen atoms in total. The largest absolute Gasteiger partial charge is 0.492 e. The normalized spacial score (nSPS) is 12.6. The van der Waals surface area contributed by atoms with Crippen LogP contribution in [0.25, 0.3) is 5.57 Å². The van der Waals surface area contributed by atoms with E-state index in [1.54, 1.807) is 30.3 Å². The molecule has 0 atom stereocenters. The number of halogens is 3. The first kappa shape index (κ1) is 22.2. The summed E-state index contributed by atoms with van der Waals surface area (Å²) in [4.78, 5) is 12.7. The Morgan fingerprint density at radius 3 is 2.07 bits per heavy atom. The molecule has 0 bridgehead atoms. The molecule has 0 heterocycles. The first-order chi connectivity index (χ1) is 13.7. The molecule has 0 radical (unpaired) electrons. The van der Waals surface area contributed by atoms with Gasteiger partial charge in [0.15, 0.2) is 0 Å². The minimum Gasteiger partial charge on any atom is -0.492 e. The fourth-order valence-electron chi connectivity index (χ4n) is 2.50. The van der Waals surface area contributed by atoms with Gasteiger partial charge in [0, 0.05) is 12.6 Å². The summed E-state index contributed by atoms with van der Waals surface area (Å²) in [6, 6.07) is 11.8. The fourth-order valence-corrected chi connectivity index (χ4v) is 2.50. The monoisotopic (exact) mass is 405 g/mol. The Bertz CT molecular complexity index is 868. The third-order valence-corrected chi connectivity index (χ3v) is 4.00. The predicted molar refractivity (Wildman–Crippen MR) is 106 cm³/mol. The fraction of sp³-hybridized carbons (Fsp3) is 0.227. The number of nitrogens with zero attached hydrogens (tertiary/aromatic N) is 1. The number of ether oxygens (including phenoxy) is 1. The predicted octanol–water partition coefficient (Wildman–Crippen LogP) is 4.72. The Kier molecular flexibility index (Phi) is 7.61. The minimum absolute atomic E-state index is 0.523. The second-order valence-corrected chi connectivity index (χ2v) is 6.53. The molecule has 0 aliphatic rings. The van der Waals surface area contributed by atoms with Crippen LogP contribution in [-0.2, 0) is 11.0 Å². The van der Waals surface area contributed by atoms with Crippen LogP contribution in [0.4, 0.5) is 13.2 Å². The standard InChI is InChI=1S/C22H22F3NO3/c1-26(2)14-15-29-19-12-8-17(9-13-19)20(4-3-5-21(27)28)16-6-10-18(11-7-16)22(23,24)25/h3-13H,14-15H2,1-2H3,(H,27,28)/b5-3+,20-4-. The molecule has 7 heteroatoms. The van der Waals surface area contributed by atoms with Crippen LogP contribution in [-0.4, -0.2) is 43.2 Å². The number of hydrogen-bond acceptors (Lipinski definition) is 3. The summed E-state index contributed by atoms with van der Waals surface area (Å²) in [5, 5.41) is 8.79. The molecule has 0 saturated carbocycles. The van der Waals surface area contributed by atoms with Crippen molar-refractivity contribution in [2.24, 2.45) is 0 Å².